The predicted octanol–water partition coefficient (Wildman–Crippen LogP) is 2.39. The minimum atomic E-state index is -0.627. The summed E-state index contributed by atoms with van der Waals surface area (Å²) in [4.78, 5) is 22.1. The van der Waals surface area contributed by atoms with Gasteiger partial charge in [-0.25, -0.2) is 9.97 Å². The Morgan fingerprint density at radius 2 is 2.38 bits per heavy atom. The molecule has 2 aromatic rings. The van der Waals surface area contributed by atoms with Crippen LogP contribution in [-0.4, -0.2) is 15.9 Å². The van der Waals surface area contributed by atoms with Crippen molar-refractivity contribution < 1.29 is 4.79 Å². The number of hydrogen-bond acceptors (Lipinski definition) is 3. The molecule has 0 N–H and O–H groups in total. The van der Waals surface area contributed by atoms with Gasteiger partial charge >= 0.3 is 0 Å². The molecule has 0 radical (unpaired) electrons. The molecule has 0 aromatic carbocycles. The van der Waals surface area contributed by atoms with Crippen molar-refractivity contribution in [1.29, 1.82) is 0 Å². The van der Waals surface area contributed by atoms with Crippen molar-refractivity contribution in [1.82, 2.24) is 9.97 Å². The maximum absolute atomic E-state index is 11.4. The SMILES string of the molecule is Cc1nc2ncccc2cc1C(=O)N=[N+]=[N-]. The van der Waals surface area contributed by atoms with Gasteiger partial charge < -0.3 is 0 Å². The third-order valence-corrected chi connectivity index (χ3v) is 2.15. The van der Waals surface area contributed by atoms with Gasteiger partial charge in [0.15, 0.2) is 5.65 Å². The molecule has 0 aliphatic rings. The van der Waals surface area contributed by atoms with E-state index in [9.17, 15) is 4.79 Å². The van der Waals surface area contributed by atoms with Gasteiger partial charge in [0.25, 0.3) is 5.91 Å². The van der Waals surface area contributed by atoms with Crippen molar-refractivity contribution >= 4 is 16.9 Å². The van der Waals surface area contributed by atoms with Crippen LogP contribution in [0.25, 0.3) is 21.5 Å². The molecular weight excluding hydrogens is 206 g/mol. The molecule has 6 nitrogen and oxygen atoms in total. The molecule has 0 fully saturated rings. The van der Waals surface area contributed by atoms with Crippen molar-refractivity contribution in [2.45, 2.75) is 6.92 Å². The Labute approximate surface area is 90.6 Å². The fourth-order valence-electron chi connectivity index (χ4n) is 1.41. The molecule has 6 heteroatoms. The van der Waals surface area contributed by atoms with Crippen LogP contribution in [0.4, 0.5) is 0 Å². The Morgan fingerprint density at radius 3 is 3.12 bits per heavy atom. The second kappa shape index (κ2) is 3.96. The number of hydrogen-bond donors (Lipinski definition) is 0. The quantitative estimate of drug-likeness (QED) is 0.413. The highest BCUT2D eigenvalue weighted by Crippen LogP contribution is 2.15. The third-order valence-electron chi connectivity index (χ3n) is 2.15. The average molecular weight is 213 g/mol. The first kappa shape index (κ1) is 10.1. The number of nitrogens with zero attached hydrogens (tertiary/aromatic N) is 5. The highest BCUT2D eigenvalue weighted by Gasteiger charge is 2.09. The van der Waals surface area contributed by atoms with Crippen LogP contribution in [0, 0.1) is 6.92 Å². The van der Waals surface area contributed by atoms with E-state index < -0.39 is 5.91 Å². The van der Waals surface area contributed by atoms with E-state index in [0.717, 1.165) is 5.39 Å². The molecule has 0 aliphatic heterocycles. The van der Waals surface area contributed by atoms with Gasteiger partial charge in [0.05, 0.1) is 5.69 Å². The van der Waals surface area contributed by atoms with E-state index in [4.69, 9.17) is 5.53 Å². The molecule has 78 valence electrons. The minimum absolute atomic E-state index is 0.304. The van der Waals surface area contributed by atoms with E-state index in [1.54, 1.807) is 31.3 Å². The summed E-state index contributed by atoms with van der Waals surface area (Å²) in [6.45, 7) is 1.67. The van der Waals surface area contributed by atoms with E-state index in [2.05, 4.69) is 20.0 Å². The van der Waals surface area contributed by atoms with E-state index in [1.165, 1.54) is 0 Å². The number of rotatable bonds is 1. The van der Waals surface area contributed by atoms with Crippen molar-refractivity contribution in [3.8, 4) is 0 Å². The Kier molecular flexibility index (Phi) is 2.49. The predicted molar refractivity (Wildman–Crippen MR) is 57.8 cm³/mol. The fourth-order valence-corrected chi connectivity index (χ4v) is 1.41. The normalized spacial score (nSPS) is 9.81. The second-order valence-electron chi connectivity index (χ2n) is 3.17. The van der Waals surface area contributed by atoms with Crippen LogP contribution < -0.4 is 0 Å². The molecule has 0 spiro atoms. The number of carbonyl (C=O) groups is 1. The molecule has 2 aromatic heterocycles. The zero-order valence-corrected chi connectivity index (χ0v) is 8.45. The standard InChI is InChI=1S/C10H7N5O/c1-6-8(10(16)14-15-11)5-7-3-2-4-12-9(7)13-6/h2-5H,1H3. The van der Waals surface area contributed by atoms with Crippen LogP contribution in [0.5, 0.6) is 0 Å². The number of fused-ring (bicyclic) bond motifs is 1. The maximum atomic E-state index is 11.4. The summed E-state index contributed by atoms with van der Waals surface area (Å²) in [6.07, 6.45) is 1.63. The lowest BCUT2D eigenvalue weighted by Gasteiger charge is -2.02. The van der Waals surface area contributed by atoms with E-state index >= 15 is 0 Å². The summed E-state index contributed by atoms with van der Waals surface area (Å²) >= 11 is 0. The van der Waals surface area contributed by atoms with Gasteiger partial charge in [0, 0.05) is 22.1 Å². The summed E-state index contributed by atoms with van der Waals surface area (Å²) < 4.78 is 0. The summed E-state index contributed by atoms with van der Waals surface area (Å²) in [7, 11) is 0. The van der Waals surface area contributed by atoms with Gasteiger partial charge in [-0.1, -0.05) is 0 Å². The second-order valence-corrected chi connectivity index (χ2v) is 3.17. The molecule has 0 unspecified atom stereocenters. The average Bonchev–Trinajstić information content (AvgIpc) is 2.28. The molecule has 2 rings (SSSR count). The van der Waals surface area contributed by atoms with Crippen LogP contribution >= 0.6 is 0 Å². The van der Waals surface area contributed by atoms with Crippen LogP contribution in [0.3, 0.4) is 0 Å². The summed E-state index contributed by atoms with van der Waals surface area (Å²) in [5, 5.41) is 3.78. The molecule has 16 heavy (non-hydrogen) atoms. The summed E-state index contributed by atoms with van der Waals surface area (Å²) in [5.74, 6) is -0.627. The Hall–Kier alpha value is -2.46. The minimum Gasteiger partial charge on any atom is -0.287 e. The Morgan fingerprint density at radius 1 is 1.56 bits per heavy atom. The molecular formula is C10H7N5O. The highest BCUT2D eigenvalue weighted by atomic mass is 16.1. The largest absolute Gasteiger partial charge is 0.287 e. The molecule has 0 saturated carbocycles. The topological polar surface area (TPSA) is 91.6 Å². The van der Waals surface area contributed by atoms with Gasteiger partial charge in [-0.15, -0.1) is 0 Å². The van der Waals surface area contributed by atoms with Crippen molar-refractivity contribution in [2.24, 2.45) is 5.11 Å². The first-order chi connectivity index (χ1) is 7.72. The highest BCUT2D eigenvalue weighted by molar-refractivity contribution is 5.98. The van der Waals surface area contributed by atoms with Gasteiger partial charge in [-0.3, -0.25) is 4.79 Å². The smallest absolute Gasteiger partial charge is 0.251 e. The zero-order valence-electron chi connectivity index (χ0n) is 8.45. The van der Waals surface area contributed by atoms with Crippen molar-refractivity contribution in [3.63, 3.8) is 0 Å². The first-order valence-corrected chi connectivity index (χ1v) is 4.54. The molecule has 2 heterocycles. The van der Waals surface area contributed by atoms with Gasteiger partial charge in [-0.05, 0) is 35.8 Å². The first-order valence-electron chi connectivity index (χ1n) is 4.54. The van der Waals surface area contributed by atoms with Gasteiger partial charge in [0.2, 0.25) is 0 Å². The van der Waals surface area contributed by atoms with Crippen LogP contribution in [0.2, 0.25) is 0 Å². The maximum Gasteiger partial charge on any atom is 0.251 e. The van der Waals surface area contributed by atoms with Crippen molar-refractivity contribution in [3.05, 3.63) is 46.1 Å². The number of aryl methyl sites for hydroxylation is 1. The monoisotopic (exact) mass is 213 g/mol. The molecule has 0 atom stereocenters. The van der Waals surface area contributed by atoms with Gasteiger partial charge in [-0.2, -0.15) is 0 Å². The third kappa shape index (κ3) is 1.69. The Bertz CT molecular complexity index is 616. The summed E-state index contributed by atoms with van der Waals surface area (Å²) in [6, 6.07) is 5.17. The van der Waals surface area contributed by atoms with Crippen molar-refractivity contribution in [2.75, 3.05) is 0 Å². The van der Waals surface area contributed by atoms with E-state index in [1.807, 2.05) is 0 Å². The number of pyridine rings is 2. The van der Waals surface area contributed by atoms with E-state index in [0.29, 0.717) is 16.9 Å². The summed E-state index contributed by atoms with van der Waals surface area (Å²) in [5.41, 5.74) is 9.58. The molecule has 0 saturated heterocycles. The zero-order chi connectivity index (χ0) is 11.5. The van der Waals surface area contributed by atoms with Gasteiger partial charge in [0.1, 0.15) is 0 Å². The fraction of sp³-hybridized carbons (Fsp3) is 0.100. The van der Waals surface area contributed by atoms with Crippen LogP contribution in [0.1, 0.15) is 16.1 Å². The lowest BCUT2D eigenvalue weighted by Crippen LogP contribution is -2.00. The number of azide groups is 1. The molecule has 1 amide bonds. The number of carbonyl (C=O) groups excluding carboxylic acids is 1. The lowest BCUT2D eigenvalue weighted by atomic mass is 10.1. The lowest BCUT2D eigenvalue weighted by molar-refractivity contribution is 0.0999. The number of amides is 1. The molecule has 0 bridgehead atoms. The van der Waals surface area contributed by atoms with Crippen LogP contribution in [0.15, 0.2) is 29.5 Å². The molecule has 0 aliphatic carbocycles. The van der Waals surface area contributed by atoms with Crippen LogP contribution in [-0.2, 0) is 0 Å². The number of aromatic nitrogens is 2. The van der Waals surface area contributed by atoms with E-state index in [-0.39, 0.29) is 0 Å². The Balaban J connectivity index is 2.67.